The monoisotopic (exact) mass is 238 g/mol. The van der Waals surface area contributed by atoms with E-state index in [0.717, 1.165) is 38.8 Å². The van der Waals surface area contributed by atoms with Gasteiger partial charge in [0, 0.05) is 20.1 Å². The van der Waals surface area contributed by atoms with E-state index in [2.05, 4.69) is 0 Å². The lowest BCUT2D eigenvalue weighted by Gasteiger charge is -2.19. The first-order valence-corrected chi connectivity index (χ1v) is 6.07. The second-order valence-corrected chi connectivity index (χ2v) is 4.54. The molecule has 0 unspecified atom stereocenters. The number of aromatic nitrogens is 1. The number of nitrogens with zero attached hydrogens (tertiary/aromatic N) is 2. The van der Waals surface area contributed by atoms with Crippen LogP contribution in [-0.2, 0) is 7.05 Å². The summed E-state index contributed by atoms with van der Waals surface area (Å²) in [5.41, 5.74) is 0.262. The Kier molecular flexibility index (Phi) is 3.36. The van der Waals surface area contributed by atoms with Crippen molar-refractivity contribution < 1.29 is 9.32 Å². The number of likely N-dealkylation sites (tertiary alicyclic amines) is 1. The topological polar surface area (TPSA) is 55.5 Å². The summed E-state index contributed by atoms with van der Waals surface area (Å²) < 4.78 is 6.26. The summed E-state index contributed by atoms with van der Waals surface area (Å²) in [4.78, 5) is 25.6. The van der Waals surface area contributed by atoms with Gasteiger partial charge >= 0.3 is 5.63 Å². The highest BCUT2D eigenvalue weighted by Crippen LogP contribution is 2.13. The first kappa shape index (κ1) is 12.0. The molecule has 2 rings (SSSR count). The maximum atomic E-state index is 12.3. The molecule has 0 spiro atoms. The average molecular weight is 238 g/mol. The molecular weight excluding hydrogens is 220 g/mol. The number of hydrogen-bond acceptors (Lipinski definition) is 3. The molecule has 0 radical (unpaired) electrons. The molecule has 1 aromatic heterocycles. The van der Waals surface area contributed by atoms with Crippen molar-refractivity contribution in [1.82, 2.24) is 9.64 Å². The summed E-state index contributed by atoms with van der Waals surface area (Å²) in [6.45, 7) is 3.22. The molecule has 1 aromatic rings. The number of carbonyl (C=O) groups is 1. The zero-order valence-electron chi connectivity index (χ0n) is 10.4. The van der Waals surface area contributed by atoms with E-state index < -0.39 is 5.63 Å². The third-order valence-electron chi connectivity index (χ3n) is 3.37. The fourth-order valence-corrected chi connectivity index (χ4v) is 2.22. The molecule has 0 N–H and O–H groups in total. The van der Waals surface area contributed by atoms with Gasteiger partial charge in [-0.3, -0.25) is 4.79 Å². The second-order valence-electron chi connectivity index (χ2n) is 4.54. The number of aryl methyl sites for hydroxylation is 1. The van der Waals surface area contributed by atoms with E-state index in [1.54, 1.807) is 18.9 Å². The third-order valence-corrected chi connectivity index (χ3v) is 3.37. The SMILES string of the molecule is Cc1c(C(=O)N2CCCCCC2)c(=O)on1C. The minimum Gasteiger partial charge on any atom is -0.338 e. The largest absolute Gasteiger partial charge is 0.370 e. The van der Waals surface area contributed by atoms with E-state index in [1.165, 1.54) is 4.74 Å². The van der Waals surface area contributed by atoms with Crippen molar-refractivity contribution in [1.29, 1.82) is 0 Å². The van der Waals surface area contributed by atoms with Crippen LogP contribution in [0.2, 0.25) is 0 Å². The van der Waals surface area contributed by atoms with Gasteiger partial charge in [-0.25, -0.2) is 9.53 Å². The maximum Gasteiger partial charge on any atom is 0.370 e. The van der Waals surface area contributed by atoms with Gasteiger partial charge in [-0.05, 0) is 19.8 Å². The van der Waals surface area contributed by atoms with E-state index in [9.17, 15) is 9.59 Å². The summed E-state index contributed by atoms with van der Waals surface area (Å²) in [6, 6.07) is 0. The third kappa shape index (κ3) is 2.28. The van der Waals surface area contributed by atoms with E-state index in [-0.39, 0.29) is 11.5 Å². The lowest BCUT2D eigenvalue weighted by Crippen LogP contribution is -2.34. The van der Waals surface area contributed by atoms with Crippen molar-refractivity contribution in [2.45, 2.75) is 32.6 Å². The molecule has 17 heavy (non-hydrogen) atoms. The molecule has 1 aliphatic heterocycles. The van der Waals surface area contributed by atoms with Gasteiger partial charge in [-0.1, -0.05) is 12.8 Å². The van der Waals surface area contributed by atoms with E-state index in [0.29, 0.717) is 5.69 Å². The van der Waals surface area contributed by atoms with Gasteiger partial charge in [-0.15, -0.1) is 0 Å². The van der Waals surface area contributed by atoms with Crippen molar-refractivity contribution in [2.24, 2.45) is 7.05 Å². The number of carbonyl (C=O) groups excluding carboxylic acids is 1. The van der Waals surface area contributed by atoms with Crippen LogP contribution < -0.4 is 5.63 Å². The number of hydrogen-bond donors (Lipinski definition) is 0. The standard InChI is InChI=1S/C12H18N2O3/c1-9-10(12(16)17-13(9)2)11(15)14-7-5-3-4-6-8-14/h3-8H2,1-2H3. The Labute approximate surface area is 100.0 Å². The van der Waals surface area contributed by atoms with Crippen LogP contribution in [-0.4, -0.2) is 28.6 Å². The Morgan fingerprint density at radius 1 is 1.18 bits per heavy atom. The Hall–Kier alpha value is -1.52. The smallest absolute Gasteiger partial charge is 0.338 e. The van der Waals surface area contributed by atoms with Crippen molar-refractivity contribution in [3.05, 3.63) is 21.7 Å². The molecule has 0 bridgehead atoms. The first-order valence-electron chi connectivity index (χ1n) is 6.07. The zero-order valence-corrected chi connectivity index (χ0v) is 10.4. The lowest BCUT2D eigenvalue weighted by molar-refractivity contribution is 0.0758. The Morgan fingerprint density at radius 2 is 1.76 bits per heavy atom. The van der Waals surface area contributed by atoms with Crippen LogP contribution in [0.4, 0.5) is 0 Å². The number of rotatable bonds is 1. The summed E-state index contributed by atoms with van der Waals surface area (Å²) >= 11 is 0. The normalized spacial score (nSPS) is 16.9. The highest BCUT2D eigenvalue weighted by Gasteiger charge is 2.25. The molecule has 1 fully saturated rings. The second kappa shape index (κ2) is 4.77. The van der Waals surface area contributed by atoms with E-state index >= 15 is 0 Å². The predicted octanol–water partition coefficient (Wildman–Crippen LogP) is 1.30. The summed E-state index contributed by atoms with van der Waals surface area (Å²) in [5, 5.41) is 0. The van der Waals surface area contributed by atoms with Gasteiger partial charge < -0.3 is 9.42 Å². The molecule has 2 heterocycles. The molecule has 1 saturated heterocycles. The predicted molar refractivity (Wildman–Crippen MR) is 63.1 cm³/mol. The molecular formula is C12H18N2O3. The van der Waals surface area contributed by atoms with Gasteiger partial charge in [0.2, 0.25) is 0 Å². The Bertz CT molecular complexity index is 465. The minimum absolute atomic E-state index is 0.182. The average Bonchev–Trinajstić information content (AvgIpc) is 2.52. The van der Waals surface area contributed by atoms with E-state index in [4.69, 9.17) is 4.52 Å². The molecule has 1 amide bonds. The fourth-order valence-electron chi connectivity index (χ4n) is 2.22. The lowest BCUT2D eigenvalue weighted by atomic mass is 10.2. The molecule has 1 aliphatic rings. The zero-order chi connectivity index (χ0) is 12.4. The Morgan fingerprint density at radius 3 is 2.24 bits per heavy atom. The molecule has 94 valence electrons. The van der Waals surface area contributed by atoms with Crippen LogP contribution in [0.15, 0.2) is 9.32 Å². The molecule has 0 saturated carbocycles. The van der Waals surface area contributed by atoms with Gasteiger partial charge in [0.1, 0.15) is 5.56 Å². The molecule has 0 aliphatic carbocycles. The summed E-state index contributed by atoms with van der Waals surface area (Å²) in [7, 11) is 1.63. The minimum atomic E-state index is -0.528. The van der Waals surface area contributed by atoms with Gasteiger partial charge in [0.05, 0.1) is 5.69 Å². The highest BCUT2D eigenvalue weighted by molar-refractivity contribution is 5.94. The fraction of sp³-hybridized carbons (Fsp3) is 0.667. The first-order chi connectivity index (χ1) is 8.11. The van der Waals surface area contributed by atoms with Crippen LogP contribution in [0.3, 0.4) is 0 Å². The Balaban J connectivity index is 2.26. The van der Waals surface area contributed by atoms with Crippen molar-refractivity contribution in [3.8, 4) is 0 Å². The quantitative estimate of drug-likeness (QED) is 0.741. The van der Waals surface area contributed by atoms with Crippen LogP contribution >= 0.6 is 0 Å². The van der Waals surface area contributed by atoms with Crippen LogP contribution in [0, 0.1) is 6.92 Å². The van der Waals surface area contributed by atoms with E-state index in [1.807, 2.05) is 0 Å². The van der Waals surface area contributed by atoms with Gasteiger partial charge in [0.25, 0.3) is 5.91 Å². The molecule has 5 heteroatoms. The van der Waals surface area contributed by atoms with Crippen LogP contribution in [0.5, 0.6) is 0 Å². The van der Waals surface area contributed by atoms with Crippen molar-refractivity contribution >= 4 is 5.91 Å². The van der Waals surface area contributed by atoms with Crippen LogP contribution in [0.1, 0.15) is 41.7 Å². The van der Waals surface area contributed by atoms with Gasteiger partial charge in [0.15, 0.2) is 0 Å². The molecule has 0 atom stereocenters. The van der Waals surface area contributed by atoms with Crippen molar-refractivity contribution in [2.75, 3.05) is 13.1 Å². The molecule has 5 nitrogen and oxygen atoms in total. The number of amides is 1. The summed E-state index contributed by atoms with van der Waals surface area (Å²) in [5.74, 6) is -0.182. The maximum absolute atomic E-state index is 12.3. The van der Waals surface area contributed by atoms with Gasteiger partial charge in [-0.2, -0.15) is 0 Å². The molecule has 0 aromatic carbocycles. The van der Waals surface area contributed by atoms with Crippen LogP contribution in [0.25, 0.3) is 0 Å². The van der Waals surface area contributed by atoms with Crippen molar-refractivity contribution in [3.63, 3.8) is 0 Å². The summed E-state index contributed by atoms with van der Waals surface area (Å²) in [6.07, 6.45) is 4.35. The highest BCUT2D eigenvalue weighted by atomic mass is 16.5.